The van der Waals surface area contributed by atoms with Gasteiger partial charge in [-0.2, -0.15) is 26.3 Å². The van der Waals surface area contributed by atoms with Crippen molar-refractivity contribution in [3.05, 3.63) is 30.1 Å². The molecule has 3 heterocycles. The summed E-state index contributed by atoms with van der Waals surface area (Å²) in [4.78, 5) is 36.2. The second-order valence-electron chi connectivity index (χ2n) is 8.80. The third-order valence-corrected chi connectivity index (χ3v) is 5.94. The van der Waals surface area contributed by atoms with Crippen LogP contribution in [-0.2, 0) is 25.7 Å². The number of carbonyl (C=O) groups is 3. The molecule has 1 aromatic rings. The first-order valence-electron chi connectivity index (χ1n) is 11.3. The van der Waals surface area contributed by atoms with E-state index in [4.69, 9.17) is 24.5 Å². The predicted molar refractivity (Wildman–Crippen MR) is 114 cm³/mol. The third-order valence-electron chi connectivity index (χ3n) is 5.94. The molecule has 1 saturated carbocycles. The first-order chi connectivity index (χ1) is 17.2. The van der Waals surface area contributed by atoms with Gasteiger partial charge in [0.2, 0.25) is 5.91 Å². The number of pyridine rings is 1. The molecule has 0 unspecified atom stereocenters. The number of rotatable bonds is 5. The molecule has 1 aromatic heterocycles. The molecule has 1 aliphatic carbocycles. The van der Waals surface area contributed by atoms with Crippen LogP contribution >= 0.6 is 0 Å². The Morgan fingerprint density at radius 2 is 1.54 bits per heavy atom. The zero-order chi connectivity index (χ0) is 27.8. The number of aromatic nitrogens is 1. The molecule has 3 N–H and O–H groups in total. The molecule has 0 spiro atoms. The van der Waals surface area contributed by atoms with Gasteiger partial charge in [0.25, 0.3) is 0 Å². The molecule has 3 atom stereocenters. The van der Waals surface area contributed by atoms with Gasteiger partial charge in [0.15, 0.2) is 0 Å². The summed E-state index contributed by atoms with van der Waals surface area (Å²) in [7, 11) is 0. The number of hydrogen-bond acceptors (Lipinski definition) is 6. The van der Waals surface area contributed by atoms with E-state index in [1.807, 2.05) is 12.4 Å². The summed E-state index contributed by atoms with van der Waals surface area (Å²) >= 11 is 0. The summed E-state index contributed by atoms with van der Waals surface area (Å²) in [5.41, 5.74) is 1.32. The molecule has 15 heteroatoms. The molecule has 208 valence electrons. The largest absolute Gasteiger partial charge is 0.490 e. The molecule has 0 bridgehead atoms. The van der Waals surface area contributed by atoms with Crippen LogP contribution in [0.4, 0.5) is 26.3 Å². The summed E-state index contributed by atoms with van der Waals surface area (Å²) in [6, 6.07) is 4.18. The van der Waals surface area contributed by atoms with E-state index in [2.05, 4.69) is 27.3 Å². The number of halogens is 6. The zero-order valence-corrected chi connectivity index (χ0v) is 19.5. The van der Waals surface area contributed by atoms with Gasteiger partial charge in [-0.1, -0.05) is 0 Å². The van der Waals surface area contributed by atoms with Crippen molar-refractivity contribution in [2.24, 2.45) is 17.8 Å². The van der Waals surface area contributed by atoms with Crippen molar-refractivity contribution in [2.75, 3.05) is 26.2 Å². The number of carboxylic acids is 2. The summed E-state index contributed by atoms with van der Waals surface area (Å²) in [5, 5.41) is 17.3. The van der Waals surface area contributed by atoms with Gasteiger partial charge < -0.3 is 20.3 Å². The molecule has 9 nitrogen and oxygen atoms in total. The van der Waals surface area contributed by atoms with Crippen LogP contribution in [0.15, 0.2) is 24.5 Å². The summed E-state index contributed by atoms with van der Waals surface area (Å²) in [6.45, 7) is 4.73. The number of nitrogens with zero attached hydrogens (tertiary/aromatic N) is 2. The van der Waals surface area contributed by atoms with Crippen LogP contribution in [0.3, 0.4) is 0 Å². The number of carbonyl (C=O) groups excluding carboxylic acids is 1. The van der Waals surface area contributed by atoms with Crippen LogP contribution in [0, 0.1) is 17.8 Å². The second kappa shape index (κ2) is 13.0. The number of hydrogen-bond donors (Lipinski definition) is 3. The van der Waals surface area contributed by atoms with E-state index in [9.17, 15) is 31.1 Å². The minimum Gasteiger partial charge on any atom is -0.475 e. The van der Waals surface area contributed by atoms with Gasteiger partial charge in [0.1, 0.15) is 0 Å². The number of fused-ring (bicyclic) bond motifs is 1. The minimum atomic E-state index is -5.08. The number of piperidine rings is 1. The maximum Gasteiger partial charge on any atom is 0.490 e. The highest BCUT2D eigenvalue weighted by Crippen LogP contribution is 2.35. The summed E-state index contributed by atoms with van der Waals surface area (Å²) < 4.78 is 69.5. The van der Waals surface area contributed by atoms with Crippen molar-refractivity contribution in [2.45, 2.75) is 44.3 Å². The van der Waals surface area contributed by atoms with E-state index in [-0.39, 0.29) is 17.9 Å². The highest BCUT2D eigenvalue weighted by molar-refractivity contribution is 5.80. The average Bonchev–Trinajstić information content (AvgIpc) is 3.59. The molecule has 2 aliphatic heterocycles. The monoisotopic (exact) mass is 543 g/mol. The highest BCUT2D eigenvalue weighted by Gasteiger charge is 2.41. The maximum absolute atomic E-state index is 11.8. The predicted octanol–water partition coefficient (Wildman–Crippen LogP) is 2.71. The molecule has 3 fully saturated rings. The Morgan fingerprint density at radius 1 is 1.00 bits per heavy atom. The van der Waals surface area contributed by atoms with Crippen molar-refractivity contribution >= 4 is 17.8 Å². The highest BCUT2D eigenvalue weighted by atomic mass is 19.4. The molecule has 2 saturated heterocycles. The third kappa shape index (κ3) is 10.5. The van der Waals surface area contributed by atoms with Crippen molar-refractivity contribution in [3.63, 3.8) is 0 Å². The lowest BCUT2D eigenvalue weighted by molar-refractivity contribution is -0.193. The Bertz CT molecular complexity index is 886. The molecule has 1 amide bonds. The van der Waals surface area contributed by atoms with Crippen LogP contribution < -0.4 is 5.32 Å². The van der Waals surface area contributed by atoms with Crippen LogP contribution in [0.1, 0.15) is 24.8 Å². The lowest BCUT2D eigenvalue weighted by Crippen LogP contribution is -2.43. The second-order valence-corrected chi connectivity index (χ2v) is 8.80. The van der Waals surface area contributed by atoms with Crippen LogP contribution in [0.25, 0.3) is 0 Å². The minimum absolute atomic E-state index is 0.214. The Hall–Kier alpha value is -2.94. The number of carboxylic acid groups (broad SMARTS) is 2. The summed E-state index contributed by atoms with van der Waals surface area (Å²) in [5.74, 6) is -3.79. The average molecular weight is 543 g/mol. The number of alkyl halides is 6. The van der Waals surface area contributed by atoms with Gasteiger partial charge in [0.05, 0.1) is 12.7 Å². The smallest absolute Gasteiger partial charge is 0.475 e. The standard InChI is InChI=1S/C18H25N3O2.2C2HF3O2/c22-18(14-1-2-14)20-9-17-16-5-8-21(11-15(16)12-23-17)10-13-3-6-19-7-4-13;2*3-2(4,5)1(6)7/h3-4,6-7,14-17H,1-2,5,8-12H2,(H,20,22);2*(H,6,7)/t15-,16-,17+;;/m1../s1. The fourth-order valence-corrected chi connectivity index (χ4v) is 3.95. The zero-order valence-electron chi connectivity index (χ0n) is 19.5. The molecular formula is C22H27F6N3O6. The van der Waals surface area contributed by atoms with Gasteiger partial charge in [-0.3, -0.25) is 14.7 Å². The number of likely N-dealkylation sites (tertiary alicyclic amines) is 1. The van der Waals surface area contributed by atoms with E-state index in [0.717, 1.165) is 39.1 Å². The SMILES string of the molecule is O=C(NC[C@@H]1OC[C@H]2CN(Cc3ccncc3)CC[C@H]21)C1CC1.O=C(O)C(F)(F)F.O=C(O)C(F)(F)F. The van der Waals surface area contributed by atoms with E-state index in [1.54, 1.807) is 0 Å². The number of amides is 1. The number of aliphatic carboxylic acids is 2. The Kier molecular flexibility index (Phi) is 10.7. The molecule has 0 aromatic carbocycles. The Labute approximate surface area is 207 Å². The van der Waals surface area contributed by atoms with Crippen molar-refractivity contribution in [1.29, 1.82) is 0 Å². The maximum atomic E-state index is 11.8. The van der Waals surface area contributed by atoms with Crippen LogP contribution in [0.2, 0.25) is 0 Å². The molecular weight excluding hydrogens is 516 g/mol. The fourth-order valence-electron chi connectivity index (χ4n) is 3.95. The van der Waals surface area contributed by atoms with Crippen LogP contribution in [0.5, 0.6) is 0 Å². The Balaban J connectivity index is 0.000000286. The van der Waals surface area contributed by atoms with Gasteiger partial charge in [-0.25, -0.2) is 9.59 Å². The lowest BCUT2D eigenvalue weighted by atomic mass is 9.84. The molecule has 3 aliphatic rings. The van der Waals surface area contributed by atoms with Gasteiger partial charge >= 0.3 is 24.3 Å². The van der Waals surface area contributed by atoms with E-state index < -0.39 is 24.3 Å². The first kappa shape index (κ1) is 30.3. The molecule has 4 rings (SSSR count). The topological polar surface area (TPSA) is 129 Å². The van der Waals surface area contributed by atoms with Gasteiger partial charge in [-0.05, 0) is 49.4 Å². The fraction of sp³-hybridized carbons (Fsp3) is 0.636. The summed E-state index contributed by atoms with van der Waals surface area (Å²) in [6.07, 6.45) is -2.94. The van der Waals surface area contributed by atoms with Crippen molar-refractivity contribution < 1.29 is 55.7 Å². The van der Waals surface area contributed by atoms with Crippen molar-refractivity contribution in [1.82, 2.24) is 15.2 Å². The van der Waals surface area contributed by atoms with E-state index in [0.29, 0.717) is 18.4 Å². The molecule has 37 heavy (non-hydrogen) atoms. The van der Waals surface area contributed by atoms with Gasteiger partial charge in [-0.15, -0.1) is 0 Å². The number of ether oxygens (including phenoxy) is 1. The molecule has 0 radical (unpaired) electrons. The van der Waals surface area contributed by atoms with E-state index in [1.165, 1.54) is 12.0 Å². The van der Waals surface area contributed by atoms with E-state index >= 15 is 0 Å². The first-order valence-corrected chi connectivity index (χ1v) is 11.3. The quantitative estimate of drug-likeness (QED) is 0.484. The Morgan fingerprint density at radius 3 is 2.03 bits per heavy atom. The van der Waals surface area contributed by atoms with Crippen molar-refractivity contribution in [3.8, 4) is 0 Å². The van der Waals surface area contributed by atoms with Gasteiger partial charge in [0, 0.05) is 43.9 Å². The lowest BCUT2D eigenvalue weighted by Gasteiger charge is -2.35. The number of nitrogens with one attached hydrogen (secondary N) is 1. The van der Waals surface area contributed by atoms with Crippen LogP contribution in [-0.4, -0.2) is 82.6 Å². The normalized spacial score (nSPS) is 23.5.